The van der Waals surface area contributed by atoms with Gasteiger partial charge in [0.25, 0.3) is 5.91 Å². The molecule has 30 heavy (non-hydrogen) atoms. The second kappa shape index (κ2) is 8.64. The average molecular weight is 425 g/mol. The maximum Gasteiger partial charge on any atom is 0.258 e. The van der Waals surface area contributed by atoms with Gasteiger partial charge in [0.05, 0.1) is 6.04 Å². The monoisotopic (exact) mass is 424 g/mol. The predicted octanol–water partition coefficient (Wildman–Crippen LogP) is 4.85. The van der Waals surface area contributed by atoms with Crippen molar-refractivity contribution in [1.82, 2.24) is 10.2 Å². The third-order valence-corrected chi connectivity index (χ3v) is 6.42. The molecule has 2 aromatic rings. The Balaban J connectivity index is 1.52. The highest BCUT2D eigenvalue weighted by atomic mass is 32.2. The molecule has 1 heterocycles. The SMILES string of the molecule is CSc1cccc(C(=O)N2C=CC[C@@H]2C(=O)N[C@@H](c2ccc(C)cc2F)C2CC2)c1. The number of nitrogens with zero attached hydrogens (tertiary/aromatic N) is 1. The maximum atomic E-state index is 14.6. The molecule has 1 N–H and O–H groups in total. The van der Waals surface area contributed by atoms with Gasteiger partial charge in [-0.1, -0.05) is 24.3 Å². The lowest BCUT2D eigenvalue weighted by Gasteiger charge is -2.27. The number of rotatable bonds is 6. The van der Waals surface area contributed by atoms with Crippen molar-refractivity contribution < 1.29 is 14.0 Å². The predicted molar refractivity (Wildman–Crippen MR) is 117 cm³/mol. The Bertz CT molecular complexity index is 1000. The zero-order valence-electron chi connectivity index (χ0n) is 17.1. The van der Waals surface area contributed by atoms with Crippen LogP contribution in [0.5, 0.6) is 0 Å². The van der Waals surface area contributed by atoms with Crippen LogP contribution in [0.2, 0.25) is 0 Å². The summed E-state index contributed by atoms with van der Waals surface area (Å²) in [6.45, 7) is 1.84. The molecule has 0 aromatic heterocycles. The summed E-state index contributed by atoms with van der Waals surface area (Å²) in [5, 5.41) is 3.04. The molecule has 0 radical (unpaired) electrons. The molecule has 156 valence electrons. The van der Waals surface area contributed by atoms with E-state index in [1.165, 1.54) is 11.0 Å². The van der Waals surface area contributed by atoms with E-state index in [9.17, 15) is 14.0 Å². The van der Waals surface area contributed by atoms with E-state index in [4.69, 9.17) is 0 Å². The lowest BCUT2D eigenvalue weighted by molar-refractivity contribution is -0.125. The summed E-state index contributed by atoms with van der Waals surface area (Å²) in [6.07, 6.45) is 7.85. The number of carbonyl (C=O) groups excluding carboxylic acids is 2. The Kier molecular flexibility index (Phi) is 5.95. The van der Waals surface area contributed by atoms with E-state index in [1.807, 2.05) is 43.5 Å². The van der Waals surface area contributed by atoms with Gasteiger partial charge < -0.3 is 10.2 Å². The topological polar surface area (TPSA) is 49.4 Å². The first-order chi connectivity index (χ1) is 14.5. The normalized spacial score (nSPS) is 19.0. The van der Waals surface area contributed by atoms with Gasteiger partial charge >= 0.3 is 0 Å². The molecule has 4 nitrogen and oxygen atoms in total. The lowest BCUT2D eigenvalue weighted by atomic mass is 9.99. The van der Waals surface area contributed by atoms with Crippen LogP contribution in [0.4, 0.5) is 4.39 Å². The standard InChI is InChI=1S/C24H25FN2O2S/c1-15-8-11-19(20(25)13-15)22(16-9-10-16)26-23(28)21-7-4-12-27(21)24(29)17-5-3-6-18(14-17)30-2/h3-6,8,11-14,16,21-22H,7,9-10H2,1-2H3,(H,26,28)/t21-,22-/m1/s1. The summed E-state index contributed by atoms with van der Waals surface area (Å²) in [5.74, 6) is -0.503. The molecule has 2 amide bonds. The van der Waals surface area contributed by atoms with E-state index in [-0.39, 0.29) is 29.6 Å². The molecule has 6 heteroatoms. The molecule has 0 saturated heterocycles. The molecular formula is C24H25FN2O2S. The minimum atomic E-state index is -0.620. The number of aryl methyl sites for hydroxylation is 1. The Labute approximate surface area is 180 Å². The number of amides is 2. The van der Waals surface area contributed by atoms with Crippen molar-refractivity contribution in [2.75, 3.05) is 6.26 Å². The van der Waals surface area contributed by atoms with Gasteiger partial charge in [0, 0.05) is 22.2 Å². The fraction of sp³-hybridized carbons (Fsp3) is 0.333. The smallest absolute Gasteiger partial charge is 0.258 e. The van der Waals surface area contributed by atoms with Crippen LogP contribution in [0, 0.1) is 18.7 Å². The fourth-order valence-corrected chi connectivity index (χ4v) is 4.34. The number of halogens is 1. The van der Waals surface area contributed by atoms with Gasteiger partial charge in [-0.15, -0.1) is 11.8 Å². The minimum absolute atomic E-state index is 0.204. The third kappa shape index (κ3) is 4.29. The summed E-state index contributed by atoms with van der Waals surface area (Å²) >= 11 is 1.56. The van der Waals surface area contributed by atoms with Gasteiger partial charge in [-0.05, 0) is 68.2 Å². The third-order valence-electron chi connectivity index (χ3n) is 5.70. The van der Waals surface area contributed by atoms with E-state index in [0.29, 0.717) is 17.5 Å². The van der Waals surface area contributed by atoms with Crippen LogP contribution in [0.1, 0.15) is 46.8 Å². The van der Waals surface area contributed by atoms with Gasteiger partial charge in [-0.3, -0.25) is 9.59 Å². The second-order valence-corrected chi connectivity index (χ2v) is 8.81. The summed E-state index contributed by atoms with van der Waals surface area (Å²) in [5.41, 5.74) is 1.92. The van der Waals surface area contributed by atoms with Gasteiger partial charge in [-0.25, -0.2) is 4.39 Å². The largest absolute Gasteiger partial charge is 0.347 e. The van der Waals surface area contributed by atoms with Gasteiger partial charge in [-0.2, -0.15) is 0 Å². The number of benzene rings is 2. The van der Waals surface area contributed by atoms with Crippen molar-refractivity contribution in [2.24, 2.45) is 5.92 Å². The van der Waals surface area contributed by atoms with Crippen LogP contribution in [0.25, 0.3) is 0 Å². The highest BCUT2D eigenvalue weighted by Gasteiger charge is 2.38. The molecule has 0 unspecified atom stereocenters. The van der Waals surface area contributed by atoms with Crippen molar-refractivity contribution in [3.63, 3.8) is 0 Å². The first-order valence-electron chi connectivity index (χ1n) is 10.2. The molecule has 1 fully saturated rings. The van der Waals surface area contributed by atoms with Crippen molar-refractivity contribution in [2.45, 2.75) is 43.2 Å². The Morgan fingerprint density at radius 2 is 2.00 bits per heavy atom. The average Bonchev–Trinajstić information content (AvgIpc) is 3.47. The highest BCUT2D eigenvalue weighted by Crippen LogP contribution is 2.42. The van der Waals surface area contributed by atoms with Crippen LogP contribution < -0.4 is 5.32 Å². The first-order valence-corrected chi connectivity index (χ1v) is 11.4. The molecule has 1 saturated carbocycles. The molecule has 1 aliphatic heterocycles. The van der Waals surface area contributed by atoms with E-state index in [1.54, 1.807) is 30.1 Å². The molecule has 1 aliphatic carbocycles. The van der Waals surface area contributed by atoms with Gasteiger partial charge in [0.15, 0.2) is 0 Å². The quantitative estimate of drug-likeness (QED) is 0.675. The number of thioether (sulfide) groups is 1. The van der Waals surface area contributed by atoms with Crippen LogP contribution >= 0.6 is 11.8 Å². The molecule has 4 rings (SSSR count). The minimum Gasteiger partial charge on any atom is -0.347 e. The van der Waals surface area contributed by atoms with Crippen molar-refractivity contribution in [3.8, 4) is 0 Å². The summed E-state index contributed by atoms with van der Waals surface area (Å²) in [4.78, 5) is 28.7. The number of hydrogen-bond acceptors (Lipinski definition) is 3. The van der Waals surface area contributed by atoms with Crippen LogP contribution in [-0.2, 0) is 4.79 Å². The zero-order valence-corrected chi connectivity index (χ0v) is 17.9. The molecule has 2 aliphatic rings. The zero-order chi connectivity index (χ0) is 21.3. The Morgan fingerprint density at radius 1 is 1.20 bits per heavy atom. The highest BCUT2D eigenvalue weighted by molar-refractivity contribution is 7.98. The summed E-state index contributed by atoms with van der Waals surface area (Å²) in [7, 11) is 0. The second-order valence-electron chi connectivity index (χ2n) is 7.93. The van der Waals surface area contributed by atoms with E-state index < -0.39 is 6.04 Å². The van der Waals surface area contributed by atoms with Crippen molar-refractivity contribution >= 4 is 23.6 Å². The van der Waals surface area contributed by atoms with Crippen LogP contribution in [0.15, 0.2) is 59.6 Å². The van der Waals surface area contributed by atoms with Gasteiger partial charge in [0.1, 0.15) is 11.9 Å². The Morgan fingerprint density at radius 3 is 2.70 bits per heavy atom. The van der Waals surface area contributed by atoms with E-state index in [0.717, 1.165) is 23.3 Å². The molecule has 0 bridgehead atoms. The summed E-state index contributed by atoms with van der Waals surface area (Å²) in [6, 6.07) is 11.5. The molecule has 2 aromatic carbocycles. The maximum absolute atomic E-state index is 14.6. The van der Waals surface area contributed by atoms with Crippen LogP contribution in [0.3, 0.4) is 0 Å². The molecular weight excluding hydrogens is 399 g/mol. The van der Waals surface area contributed by atoms with E-state index in [2.05, 4.69) is 5.32 Å². The van der Waals surface area contributed by atoms with Crippen LogP contribution in [-0.4, -0.2) is 29.0 Å². The van der Waals surface area contributed by atoms with Crippen molar-refractivity contribution in [3.05, 3.63) is 77.2 Å². The van der Waals surface area contributed by atoms with Gasteiger partial charge in [0.2, 0.25) is 5.91 Å². The van der Waals surface area contributed by atoms with E-state index >= 15 is 0 Å². The molecule has 0 spiro atoms. The Hall–Kier alpha value is -2.60. The first kappa shape index (κ1) is 20.7. The fourth-order valence-electron chi connectivity index (χ4n) is 3.88. The molecule has 2 atom stereocenters. The number of carbonyl (C=O) groups is 2. The summed E-state index contributed by atoms with van der Waals surface area (Å²) < 4.78 is 14.6. The van der Waals surface area contributed by atoms with Crippen molar-refractivity contribution in [1.29, 1.82) is 0 Å². The lowest BCUT2D eigenvalue weighted by Crippen LogP contribution is -2.46. The number of nitrogens with one attached hydrogen (secondary N) is 1. The number of hydrogen-bond donors (Lipinski definition) is 1.